The smallest absolute Gasteiger partial charge is 0.329 e. The number of amides is 3. The van der Waals surface area contributed by atoms with Crippen molar-refractivity contribution >= 4 is 40.3 Å². The number of aromatic amines is 1. The van der Waals surface area contributed by atoms with Crippen LogP contribution in [-0.2, 0) is 4.79 Å². The SMILES string of the molecule is CC1=NC(=O)NC(C=Cc2ccccc2)C1C(=O)Nc1ccc2[nH]ncc2c1. The van der Waals surface area contributed by atoms with Crippen LogP contribution >= 0.6 is 0 Å². The Morgan fingerprint density at radius 2 is 2.00 bits per heavy atom. The van der Waals surface area contributed by atoms with Gasteiger partial charge in [-0.05, 0) is 30.7 Å². The van der Waals surface area contributed by atoms with Crippen LogP contribution < -0.4 is 10.6 Å². The lowest BCUT2D eigenvalue weighted by Gasteiger charge is -2.28. The third kappa shape index (κ3) is 3.68. The second-order valence-electron chi connectivity index (χ2n) is 6.64. The van der Waals surface area contributed by atoms with Crippen molar-refractivity contribution in [3.8, 4) is 0 Å². The number of benzene rings is 2. The third-order valence-corrected chi connectivity index (χ3v) is 4.66. The number of carbonyl (C=O) groups excluding carboxylic acids is 2. The summed E-state index contributed by atoms with van der Waals surface area (Å²) in [7, 11) is 0. The summed E-state index contributed by atoms with van der Waals surface area (Å²) in [6.45, 7) is 1.70. The summed E-state index contributed by atoms with van der Waals surface area (Å²) < 4.78 is 0. The predicted octanol–water partition coefficient (Wildman–Crippen LogP) is 3.38. The van der Waals surface area contributed by atoms with Gasteiger partial charge in [-0.1, -0.05) is 42.5 Å². The first-order valence-corrected chi connectivity index (χ1v) is 8.93. The van der Waals surface area contributed by atoms with Gasteiger partial charge in [0.05, 0.1) is 17.8 Å². The lowest BCUT2D eigenvalue weighted by Crippen LogP contribution is -2.50. The fourth-order valence-corrected chi connectivity index (χ4v) is 3.28. The number of nitrogens with one attached hydrogen (secondary N) is 3. The van der Waals surface area contributed by atoms with E-state index in [4.69, 9.17) is 0 Å². The molecule has 3 N–H and O–H groups in total. The minimum Gasteiger partial charge on any atom is -0.329 e. The zero-order valence-corrected chi connectivity index (χ0v) is 15.2. The minimum absolute atomic E-state index is 0.230. The highest BCUT2D eigenvalue weighted by molar-refractivity contribution is 6.13. The van der Waals surface area contributed by atoms with Gasteiger partial charge in [-0.3, -0.25) is 9.89 Å². The van der Waals surface area contributed by atoms with E-state index in [-0.39, 0.29) is 5.91 Å². The van der Waals surface area contributed by atoms with Crippen LogP contribution in [0.2, 0.25) is 0 Å². The lowest BCUT2D eigenvalue weighted by molar-refractivity contribution is -0.118. The Labute approximate surface area is 161 Å². The predicted molar refractivity (Wildman–Crippen MR) is 109 cm³/mol. The Morgan fingerprint density at radius 3 is 2.82 bits per heavy atom. The third-order valence-electron chi connectivity index (χ3n) is 4.66. The monoisotopic (exact) mass is 373 g/mol. The molecule has 3 amide bonds. The Bertz CT molecular complexity index is 1080. The maximum atomic E-state index is 13.0. The summed E-state index contributed by atoms with van der Waals surface area (Å²) in [4.78, 5) is 28.8. The van der Waals surface area contributed by atoms with Gasteiger partial charge >= 0.3 is 6.03 Å². The molecule has 1 aliphatic heterocycles. The Kier molecular flexibility index (Phi) is 4.72. The number of aromatic nitrogens is 2. The second kappa shape index (κ2) is 7.48. The molecule has 2 aromatic carbocycles. The molecule has 2 atom stereocenters. The van der Waals surface area contributed by atoms with Crippen molar-refractivity contribution in [2.75, 3.05) is 5.32 Å². The van der Waals surface area contributed by atoms with E-state index in [0.29, 0.717) is 11.4 Å². The van der Waals surface area contributed by atoms with Gasteiger partial charge < -0.3 is 10.6 Å². The van der Waals surface area contributed by atoms with E-state index >= 15 is 0 Å². The van der Waals surface area contributed by atoms with E-state index in [1.165, 1.54) is 0 Å². The number of urea groups is 1. The molecule has 2 unspecified atom stereocenters. The highest BCUT2D eigenvalue weighted by Gasteiger charge is 2.34. The van der Waals surface area contributed by atoms with Crippen molar-refractivity contribution in [3.05, 3.63) is 66.4 Å². The number of rotatable bonds is 4. The maximum Gasteiger partial charge on any atom is 0.341 e. The van der Waals surface area contributed by atoms with E-state index in [0.717, 1.165) is 16.5 Å². The first kappa shape index (κ1) is 17.7. The largest absolute Gasteiger partial charge is 0.341 e. The first-order chi connectivity index (χ1) is 13.6. The number of hydrogen-bond acceptors (Lipinski definition) is 3. The average Bonchev–Trinajstić information content (AvgIpc) is 3.14. The Morgan fingerprint density at radius 1 is 1.18 bits per heavy atom. The van der Waals surface area contributed by atoms with Gasteiger partial charge in [0, 0.05) is 16.8 Å². The van der Waals surface area contributed by atoms with Gasteiger partial charge in [-0.25, -0.2) is 9.79 Å². The van der Waals surface area contributed by atoms with Gasteiger partial charge in [0.2, 0.25) is 5.91 Å². The van der Waals surface area contributed by atoms with Crippen LogP contribution in [0.4, 0.5) is 10.5 Å². The summed E-state index contributed by atoms with van der Waals surface area (Å²) >= 11 is 0. The molecule has 1 aromatic heterocycles. The van der Waals surface area contributed by atoms with E-state index in [1.807, 2.05) is 54.6 Å². The van der Waals surface area contributed by atoms with Crippen LogP contribution in [0.1, 0.15) is 12.5 Å². The second-order valence-corrected chi connectivity index (χ2v) is 6.64. The summed E-state index contributed by atoms with van der Waals surface area (Å²) in [5, 5.41) is 13.5. The molecule has 7 nitrogen and oxygen atoms in total. The molecule has 0 saturated carbocycles. The van der Waals surface area contributed by atoms with E-state index in [2.05, 4.69) is 25.8 Å². The molecule has 2 heterocycles. The van der Waals surface area contributed by atoms with Gasteiger partial charge in [-0.15, -0.1) is 0 Å². The molecule has 28 heavy (non-hydrogen) atoms. The van der Waals surface area contributed by atoms with Crippen molar-refractivity contribution in [1.29, 1.82) is 0 Å². The Balaban J connectivity index is 1.57. The topological polar surface area (TPSA) is 99.2 Å². The van der Waals surface area contributed by atoms with Crippen molar-refractivity contribution < 1.29 is 9.59 Å². The molecule has 0 bridgehead atoms. The molecular formula is C21H19N5O2. The molecule has 3 aromatic rings. The maximum absolute atomic E-state index is 13.0. The number of aliphatic imine (C=N–C) groups is 1. The number of nitrogens with zero attached hydrogens (tertiary/aromatic N) is 2. The number of anilines is 1. The lowest BCUT2D eigenvalue weighted by atomic mass is 9.91. The first-order valence-electron chi connectivity index (χ1n) is 8.93. The number of hydrogen-bond donors (Lipinski definition) is 3. The van der Waals surface area contributed by atoms with E-state index in [9.17, 15) is 9.59 Å². The molecule has 4 rings (SSSR count). The van der Waals surface area contributed by atoms with Crippen LogP contribution in [0.15, 0.2) is 65.8 Å². The zero-order chi connectivity index (χ0) is 19.5. The standard InChI is InChI=1S/C21H19N5O2/c1-13-19(20(27)24-16-8-10-17-15(11-16)12-22-26-17)18(25-21(28)23-13)9-7-14-5-3-2-4-6-14/h2-12,18-19H,1H3,(H,22,26)(H,24,27)(H,25,28). The van der Waals surface area contributed by atoms with Crippen molar-refractivity contribution in [1.82, 2.24) is 15.5 Å². The van der Waals surface area contributed by atoms with Gasteiger partial charge in [0.25, 0.3) is 0 Å². The van der Waals surface area contributed by atoms with Crippen LogP contribution in [0, 0.1) is 5.92 Å². The Hall–Kier alpha value is -3.74. The van der Waals surface area contributed by atoms with Crippen LogP contribution in [0.3, 0.4) is 0 Å². The minimum atomic E-state index is -0.599. The van der Waals surface area contributed by atoms with Crippen molar-refractivity contribution in [2.45, 2.75) is 13.0 Å². The molecule has 0 radical (unpaired) electrons. The number of carbonyl (C=O) groups is 2. The van der Waals surface area contributed by atoms with Crippen molar-refractivity contribution in [3.63, 3.8) is 0 Å². The summed E-state index contributed by atoms with van der Waals surface area (Å²) in [5.41, 5.74) is 3.02. The zero-order valence-electron chi connectivity index (χ0n) is 15.2. The van der Waals surface area contributed by atoms with Crippen LogP contribution in [0.5, 0.6) is 0 Å². The molecule has 0 saturated heterocycles. The van der Waals surface area contributed by atoms with E-state index < -0.39 is 18.0 Å². The van der Waals surface area contributed by atoms with Gasteiger partial charge in [0.15, 0.2) is 0 Å². The highest BCUT2D eigenvalue weighted by Crippen LogP contribution is 2.21. The summed E-state index contributed by atoms with van der Waals surface area (Å²) in [5.74, 6) is -0.829. The average molecular weight is 373 g/mol. The molecular weight excluding hydrogens is 354 g/mol. The molecule has 140 valence electrons. The van der Waals surface area contributed by atoms with Gasteiger partial charge in [-0.2, -0.15) is 5.10 Å². The fourth-order valence-electron chi connectivity index (χ4n) is 3.28. The summed E-state index contributed by atoms with van der Waals surface area (Å²) in [6, 6.07) is 14.3. The molecule has 1 aliphatic rings. The highest BCUT2D eigenvalue weighted by atomic mass is 16.2. The summed E-state index contributed by atoms with van der Waals surface area (Å²) in [6.07, 6.45) is 5.42. The number of fused-ring (bicyclic) bond motifs is 1. The fraction of sp³-hybridized carbons (Fsp3) is 0.143. The molecule has 0 fully saturated rings. The molecule has 0 aliphatic carbocycles. The molecule has 0 spiro atoms. The van der Waals surface area contributed by atoms with Crippen LogP contribution in [0.25, 0.3) is 17.0 Å². The van der Waals surface area contributed by atoms with Crippen molar-refractivity contribution in [2.24, 2.45) is 10.9 Å². The van der Waals surface area contributed by atoms with Gasteiger partial charge in [0.1, 0.15) is 5.92 Å². The van der Waals surface area contributed by atoms with Crippen LogP contribution in [-0.4, -0.2) is 33.9 Å². The van der Waals surface area contributed by atoms with E-state index in [1.54, 1.807) is 19.2 Å². The normalized spacial score (nSPS) is 19.5. The molecule has 7 heteroatoms. The number of H-pyrrole nitrogens is 1. The quantitative estimate of drug-likeness (QED) is 0.654.